The summed E-state index contributed by atoms with van der Waals surface area (Å²) in [4.78, 5) is 39.7. The second kappa shape index (κ2) is 9.55. The Morgan fingerprint density at radius 1 is 0.559 bits per heavy atom. The molecular formula is C29H22O5. The molecule has 0 aliphatic rings. The van der Waals surface area contributed by atoms with Gasteiger partial charge in [-0.2, -0.15) is 0 Å². The van der Waals surface area contributed by atoms with Crippen molar-refractivity contribution >= 4 is 17.3 Å². The zero-order valence-electron chi connectivity index (χ0n) is 18.7. The van der Waals surface area contributed by atoms with E-state index in [-0.39, 0.29) is 39.8 Å². The first-order valence-electron chi connectivity index (χ1n) is 10.6. The Bertz CT molecular complexity index is 1290. The average Bonchev–Trinajstić information content (AvgIpc) is 2.88. The number of ketones is 3. The predicted molar refractivity (Wildman–Crippen MR) is 129 cm³/mol. The molecular weight excluding hydrogens is 428 g/mol. The van der Waals surface area contributed by atoms with Crippen LogP contribution in [0.3, 0.4) is 0 Å². The first-order valence-corrected chi connectivity index (χ1v) is 10.6. The van der Waals surface area contributed by atoms with Crippen LogP contribution >= 0.6 is 0 Å². The van der Waals surface area contributed by atoms with E-state index in [2.05, 4.69) is 0 Å². The number of phenolic OH excluding ortho intramolecular Hbond substituents is 1. The van der Waals surface area contributed by atoms with Gasteiger partial charge >= 0.3 is 0 Å². The highest BCUT2D eigenvalue weighted by molar-refractivity contribution is 6.17. The second-order valence-corrected chi connectivity index (χ2v) is 7.93. The summed E-state index contributed by atoms with van der Waals surface area (Å²) in [5, 5.41) is 9.54. The predicted octanol–water partition coefficient (Wildman–Crippen LogP) is 5.40. The number of hydrogen-bond acceptors (Lipinski definition) is 5. The maximum Gasteiger partial charge on any atom is 0.193 e. The van der Waals surface area contributed by atoms with E-state index in [4.69, 9.17) is 4.74 Å². The fourth-order valence-electron chi connectivity index (χ4n) is 3.58. The Hall–Kier alpha value is -4.51. The van der Waals surface area contributed by atoms with Crippen LogP contribution in [-0.4, -0.2) is 29.6 Å². The van der Waals surface area contributed by atoms with Gasteiger partial charge in [-0.05, 0) is 73.7 Å². The van der Waals surface area contributed by atoms with Crippen LogP contribution in [0, 0.1) is 6.92 Å². The molecule has 0 aliphatic heterocycles. The van der Waals surface area contributed by atoms with Crippen LogP contribution in [0.5, 0.6) is 11.5 Å². The van der Waals surface area contributed by atoms with Crippen LogP contribution in [0.25, 0.3) is 0 Å². The first-order chi connectivity index (χ1) is 16.4. The number of carbonyl (C=O) groups is 3. The Morgan fingerprint density at radius 2 is 0.912 bits per heavy atom. The molecule has 0 amide bonds. The quantitative estimate of drug-likeness (QED) is 0.381. The molecule has 4 rings (SSSR count). The van der Waals surface area contributed by atoms with E-state index in [0.29, 0.717) is 22.4 Å². The fraction of sp³-hybridized carbons (Fsp3) is 0.0690. The lowest BCUT2D eigenvalue weighted by Gasteiger charge is -2.10. The van der Waals surface area contributed by atoms with Crippen molar-refractivity contribution in [1.29, 1.82) is 0 Å². The summed E-state index contributed by atoms with van der Waals surface area (Å²) in [7, 11) is 1.54. The summed E-state index contributed by atoms with van der Waals surface area (Å²) in [5.41, 5.74) is 2.89. The number of ether oxygens (including phenoxy) is 1. The van der Waals surface area contributed by atoms with Crippen LogP contribution < -0.4 is 4.74 Å². The summed E-state index contributed by atoms with van der Waals surface area (Å²) >= 11 is 0. The molecule has 1 N–H and O–H groups in total. The topological polar surface area (TPSA) is 80.7 Å². The lowest BCUT2D eigenvalue weighted by atomic mass is 9.92. The minimum absolute atomic E-state index is 0.0372. The van der Waals surface area contributed by atoms with Crippen LogP contribution in [0.15, 0.2) is 91.0 Å². The van der Waals surface area contributed by atoms with Crippen LogP contribution in [0.2, 0.25) is 0 Å². The highest BCUT2D eigenvalue weighted by atomic mass is 16.5. The lowest BCUT2D eigenvalue weighted by molar-refractivity contribution is 0.103. The number of benzene rings is 4. The van der Waals surface area contributed by atoms with Gasteiger partial charge < -0.3 is 9.84 Å². The van der Waals surface area contributed by atoms with Gasteiger partial charge in [0.25, 0.3) is 0 Å². The molecule has 0 radical (unpaired) electrons. The Balaban J connectivity index is 1.80. The van der Waals surface area contributed by atoms with E-state index in [0.717, 1.165) is 5.56 Å². The summed E-state index contributed by atoms with van der Waals surface area (Å²) in [6.45, 7) is 1.93. The van der Waals surface area contributed by atoms with Crippen LogP contribution in [0.4, 0.5) is 0 Å². The van der Waals surface area contributed by atoms with Gasteiger partial charge in [0.15, 0.2) is 17.3 Å². The minimum Gasteiger partial charge on any atom is -0.508 e. The molecule has 0 saturated heterocycles. The molecule has 0 fully saturated rings. The molecule has 0 atom stereocenters. The van der Waals surface area contributed by atoms with Crippen molar-refractivity contribution in [3.63, 3.8) is 0 Å². The van der Waals surface area contributed by atoms with Crippen molar-refractivity contribution in [2.45, 2.75) is 6.92 Å². The number of hydrogen-bond donors (Lipinski definition) is 1. The molecule has 0 heterocycles. The molecule has 4 aromatic carbocycles. The number of methoxy groups -OCH3 is 1. The molecule has 34 heavy (non-hydrogen) atoms. The van der Waals surface area contributed by atoms with Gasteiger partial charge in [0.2, 0.25) is 0 Å². The van der Waals surface area contributed by atoms with Gasteiger partial charge in [-0.3, -0.25) is 14.4 Å². The molecule has 0 aromatic heterocycles. The molecule has 5 heteroatoms. The van der Waals surface area contributed by atoms with E-state index in [1.54, 1.807) is 36.4 Å². The Morgan fingerprint density at radius 3 is 1.29 bits per heavy atom. The van der Waals surface area contributed by atoms with E-state index < -0.39 is 0 Å². The van der Waals surface area contributed by atoms with Crippen LogP contribution in [-0.2, 0) is 0 Å². The summed E-state index contributed by atoms with van der Waals surface area (Å²) in [6.07, 6.45) is 0. The molecule has 0 bridgehead atoms. The van der Waals surface area contributed by atoms with Crippen molar-refractivity contribution in [1.82, 2.24) is 0 Å². The number of aromatic hydroxyl groups is 1. The first kappa shape index (κ1) is 22.7. The average molecular weight is 450 g/mol. The molecule has 0 unspecified atom stereocenters. The largest absolute Gasteiger partial charge is 0.508 e. The number of rotatable bonds is 7. The SMILES string of the molecule is COc1ccc(C(=O)c2cc(C(=O)c3ccc(C)cc3)cc(C(=O)c3ccc(O)cc3)c2)cc1. The van der Waals surface area contributed by atoms with Crippen molar-refractivity contribution < 1.29 is 24.2 Å². The summed E-state index contributed by atoms with van der Waals surface area (Å²) in [6, 6.07) is 24.1. The van der Waals surface area contributed by atoms with Crippen molar-refractivity contribution in [3.8, 4) is 11.5 Å². The van der Waals surface area contributed by atoms with Gasteiger partial charge in [0.05, 0.1) is 7.11 Å². The monoisotopic (exact) mass is 450 g/mol. The smallest absolute Gasteiger partial charge is 0.193 e. The number of aryl methyl sites for hydroxylation is 1. The Labute approximate surface area is 197 Å². The highest BCUT2D eigenvalue weighted by Gasteiger charge is 2.19. The van der Waals surface area contributed by atoms with Crippen molar-refractivity contribution in [2.75, 3.05) is 7.11 Å². The molecule has 0 saturated carbocycles. The van der Waals surface area contributed by atoms with E-state index >= 15 is 0 Å². The maximum atomic E-state index is 13.3. The standard InChI is InChI=1S/C29H22O5/c1-18-3-5-19(6-4-18)27(31)22-15-23(28(32)20-7-11-25(30)12-8-20)17-24(16-22)29(33)21-9-13-26(34-2)14-10-21/h3-17,30H,1-2H3. The maximum absolute atomic E-state index is 13.3. The fourth-order valence-corrected chi connectivity index (χ4v) is 3.58. The highest BCUT2D eigenvalue weighted by Crippen LogP contribution is 2.22. The summed E-state index contributed by atoms with van der Waals surface area (Å²) < 4.78 is 5.15. The van der Waals surface area contributed by atoms with Gasteiger partial charge in [-0.15, -0.1) is 0 Å². The molecule has 5 nitrogen and oxygen atoms in total. The summed E-state index contributed by atoms with van der Waals surface area (Å²) in [5.74, 6) is -0.314. The number of phenols is 1. The third kappa shape index (κ3) is 4.79. The van der Waals surface area contributed by atoms with Crippen molar-refractivity contribution in [3.05, 3.63) is 130 Å². The van der Waals surface area contributed by atoms with E-state index in [1.165, 1.54) is 49.6 Å². The molecule has 168 valence electrons. The van der Waals surface area contributed by atoms with E-state index in [9.17, 15) is 19.5 Å². The second-order valence-electron chi connectivity index (χ2n) is 7.93. The molecule has 0 aliphatic carbocycles. The molecule has 4 aromatic rings. The zero-order valence-corrected chi connectivity index (χ0v) is 18.7. The van der Waals surface area contributed by atoms with Gasteiger partial charge in [-0.1, -0.05) is 29.8 Å². The van der Waals surface area contributed by atoms with Gasteiger partial charge in [0, 0.05) is 33.4 Å². The van der Waals surface area contributed by atoms with E-state index in [1.807, 2.05) is 19.1 Å². The third-order valence-corrected chi connectivity index (χ3v) is 5.52. The Kier molecular flexibility index (Phi) is 6.37. The normalized spacial score (nSPS) is 10.5. The van der Waals surface area contributed by atoms with Crippen LogP contribution in [0.1, 0.15) is 53.3 Å². The zero-order chi connectivity index (χ0) is 24.2. The van der Waals surface area contributed by atoms with Crippen molar-refractivity contribution in [2.24, 2.45) is 0 Å². The molecule has 0 spiro atoms. The third-order valence-electron chi connectivity index (χ3n) is 5.52. The number of carbonyl (C=O) groups excluding carboxylic acids is 3. The van der Waals surface area contributed by atoms with Gasteiger partial charge in [0.1, 0.15) is 11.5 Å². The lowest BCUT2D eigenvalue weighted by Crippen LogP contribution is -2.10. The minimum atomic E-state index is -0.359. The van der Waals surface area contributed by atoms with Gasteiger partial charge in [-0.25, -0.2) is 0 Å².